The molecule has 2 N–H and O–H groups in total. The van der Waals surface area contributed by atoms with E-state index >= 15 is 0 Å². The smallest absolute Gasteiger partial charge is 0.122 e. The van der Waals surface area contributed by atoms with Crippen LogP contribution in [0.4, 0.5) is 0 Å². The van der Waals surface area contributed by atoms with Crippen LogP contribution < -0.4 is 5.73 Å². The van der Waals surface area contributed by atoms with Gasteiger partial charge in [-0.3, -0.25) is 0 Å². The van der Waals surface area contributed by atoms with Crippen LogP contribution in [0.1, 0.15) is 36.6 Å². The van der Waals surface area contributed by atoms with Gasteiger partial charge in [-0.15, -0.1) is 0 Å². The monoisotopic (exact) mass is 244 g/mol. The number of para-hydroxylation sites is 1. The molecule has 0 fully saturated rings. The molecular formula is C14H16N2S. The minimum Gasteiger partial charge on any atom is -0.388 e. The molecular weight excluding hydrogens is 228 g/mol. The lowest BCUT2D eigenvalue weighted by Gasteiger charge is -2.12. The van der Waals surface area contributed by atoms with Gasteiger partial charge in [0.2, 0.25) is 0 Å². The Bertz CT molecular complexity index is 588. The maximum absolute atomic E-state index is 5.67. The standard InChI is InChI=1S/C14H16N2S/c1-8(2)10-5-4-6-11-9(3)7-12(14(15)17)16-13(10)11/h4-8H,1-3H3,(H2,15,17). The minimum atomic E-state index is 0.355. The van der Waals surface area contributed by atoms with Crippen LogP contribution in [0.15, 0.2) is 24.3 Å². The van der Waals surface area contributed by atoms with E-state index in [-0.39, 0.29) is 0 Å². The molecule has 0 amide bonds. The van der Waals surface area contributed by atoms with Crippen molar-refractivity contribution in [2.24, 2.45) is 5.73 Å². The number of pyridine rings is 1. The molecule has 88 valence electrons. The Labute approximate surface area is 107 Å². The molecule has 0 aliphatic heterocycles. The van der Waals surface area contributed by atoms with Crippen molar-refractivity contribution in [3.8, 4) is 0 Å². The van der Waals surface area contributed by atoms with Gasteiger partial charge < -0.3 is 5.73 Å². The topological polar surface area (TPSA) is 38.9 Å². The molecule has 0 aliphatic carbocycles. The summed E-state index contributed by atoms with van der Waals surface area (Å²) in [6.07, 6.45) is 0. The van der Waals surface area contributed by atoms with Crippen LogP contribution in [0.5, 0.6) is 0 Å². The van der Waals surface area contributed by atoms with E-state index in [1.165, 1.54) is 16.5 Å². The third kappa shape index (κ3) is 2.15. The lowest BCUT2D eigenvalue weighted by Crippen LogP contribution is -2.12. The molecule has 0 radical (unpaired) electrons. The second kappa shape index (κ2) is 4.41. The van der Waals surface area contributed by atoms with Gasteiger partial charge in [0.05, 0.1) is 11.2 Å². The molecule has 0 saturated carbocycles. The molecule has 0 saturated heterocycles. The van der Waals surface area contributed by atoms with Gasteiger partial charge in [0.1, 0.15) is 4.99 Å². The predicted molar refractivity (Wildman–Crippen MR) is 76.5 cm³/mol. The zero-order chi connectivity index (χ0) is 12.6. The molecule has 0 atom stereocenters. The molecule has 0 aliphatic rings. The van der Waals surface area contributed by atoms with Crippen molar-refractivity contribution in [2.45, 2.75) is 26.7 Å². The van der Waals surface area contributed by atoms with Crippen LogP contribution in [0, 0.1) is 6.92 Å². The Morgan fingerprint density at radius 3 is 2.65 bits per heavy atom. The van der Waals surface area contributed by atoms with E-state index in [1.807, 2.05) is 6.07 Å². The molecule has 2 rings (SSSR count). The Morgan fingerprint density at radius 2 is 2.06 bits per heavy atom. The number of fused-ring (bicyclic) bond motifs is 1. The molecule has 0 unspecified atom stereocenters. The molecule has 1 heterocycles. The molecule has 0 bridgehead atoms. The predicted octanol–water partition coefficient (Wildman–Crippen LogP) is 3.30. The number of nitrogens with two attached hydrogens (primary N) is 1. The highest BCUT2D eigenvalue weighted by Crippen LogP contribution is 2.26. The zero-order valence-corrected chi connectivity index (χ0v) is 11.1. The van der Waals surface area contributed by atoms with Gasteiger partial charge in [0.25, 0.3) is 0 Å². The summed E-state index contributed by atoms with van der Waals surface area (Å²) in [5, 5.41) is 1.18. The van der Waals surface area contributed by atoms with E-state index in [1.54, 1.807) is 0 Å². The average molecular weight is 244 g/mol. The maximum Gasteiger partial charge on any atom is 0.122 e. The lowest BCUT2D eigenvalue weighted by molar-refractivity contribution is 0.872. The summed E-state index contributed by atoms with van der Waals surface area (Å²) in [6, 6.07) is 8.23. The number of rotatable bonds is 2. The van der Waals surface area contributed by atoms with Crippen LogP contribution in [0.25, 0.3) is 10.9 Å². The second-order valence-corrected chi connectivity index (χ2v) is 5.03. The van der Waals surface area contributed by atoms with Crippen molar-refractivity contribution in [1.29, 1.82) is 0 Å². The van der Waals surface area contributed by atoms with Gasteiger partial charge in [-0.25, -0.2) is 4.98 Å². The Balaban J connectivity index is 2.83. The van der Waals surface area contributed by atoms with E-state index in [9.17, 15) is 0 Å². The van der Waals surface area contributed by atoms with Gasteiger partial charge in [0.15, 0.2) is 0 Å². The van der Waals surface area contributed by atoms with Crippen molar-refractivity contribution < 1.29 is 0 Å². The number of hydrogen-bond acceptors (Lipinski definition) is 2. The third-order valence-electron chi connectivity index (χ3n) is 2.95. The van der Waals surface area contributed by atoms with Crippen LogP contribution in [-0.4, -0.2) is 9.97 Å². The first-order valence-electron chi connectivity index (χ1n) is 5.70. The van der Waals surface area contributed by atoms with Crippen LogP contribution in [0.3, 0.4) is 0 Å². The van der Waals surface area contributed by atoms with Crippen LogP contribution in [0.2, 0.25) is 0 Å². The normalized spacial score (nSPS) is 11.1. The quantitative estimate of drug-likeness (QED) is 0.824. The maximum atomic E-state index is 5.67. The molecule has 2 aromatic rings. The fourth-order valence-electron chi connectivity index (χ4n) is 2.03. The second-order valence-electron chi connectivity index (χ2n) is 4.59. The minimum absolute atomic E-state index is 0.355. The van der Waals surface area contributed by atoms with E-state index < -0.39 is 0 Å². The van der Waals surface area contributed by atoms with Crippen molar-refractivity contribution >= 4 is 28.1 Å². The number of aromatic nitrogens is 1. The summed E-state index contributed by atoms with van der Waals surface area (Å²) >= 11 is 5.01. The van der Waals surface area contributed by atoms with E-state index in [2.05, 4.69) is 44.0 Å². The SMILES string of the molecule is Cc1cc(C(N)=S)nc2c(C(C)C)cccc12. The van der Waals surface area contributed by atoms with E-state index in [0.717, 1.165) is 5.52 Å². The molecule has 17 heavy (non-hydrogen) atoms. The van der Waals surface area contributed by atoms with Gasteiger partial charge in [-0.1, -0.05) is 44.3 Å². The summed E-state index contributed by atoms with van der Waals surface area (Å²) < 4.78 is 0. The summed E-state index contributed by atoms with van der Waals surface area (Å²) in [5.41, 5.74) is 9.80. The molecule has 2 nitrogen and oxygen atoms in total. The third-order valence-corrected chi connectivity index (χ3v) is 3.16. The largest absolute Gasteiger partial charge is 0.388 e. The number of hydrogen-bond donors (Lipinski definition) is 1. The van der Waals surface area contributed by atoms with E-state index in [0.29, 0.717) is 16.6 Å². The number of benzene rings is 1. The first-order chi connectivity index (χ1) is 8.00. The van der Waals surface area contributed by atoms with Gasteiger partial charge >= 0.3 is 0 Å². The fraction of sp³-hybridized carbons (Fsp3) is 0.286. The summed E-state index contributed by atoms with van der Waals surface area (Å²) in [7, 11) is 0. The summed E-state index contributed by atoms with van der Waals surface area (Å²) in [4.78, 5) is 4.95. The Morgan fingerprint density at radius 1 is 1.35 bits per heavy atom. The fourth-order valence-corrected chi connectivity index (χ4v) is 2.14. The summed E-state index contributed by atoms with van der Waals surface area (Å²) in [5.74, 6) is 0.437. The molecule has 1 aromatic heterocycles. The summed E-state index contributed by atoms with van der Waals surface area (Å²) in [6.45, 7) is 6.40. The zero-order valence-electron chi connectivity index (χ0n) is 10.3. The van der Waals surface area contributed by atoms with Crippen molar-refractivity contribution in [2.75, 3.05) is 0 Å². The van der Waals surface area contributed by atoms with E-state index in [4.69, 9.17) is 18.0 Å². The van der Waals surface area contributed by atoms with Crippen molar-refractivity contribution in [3.63, 3.8) is 0 Å². The first-order valence-corrected chi connectivity index (χ1v) is 6.11. The highest BCUT2D eigenvalue weighted by Gasteiger charge is 2.10. The Hall–Kier alpha value is -1.48. The number of aryl methyl sites for hydroxylation is 1. The first kappa shape index (κ1) is 12.0. The van der Waals surface area contributed by atoms with Crippen molar-refractivity contribution in [1.82, 2.24) is 4.98 Å². The van der Waals surface area contributed by atoms with Gasteiger partial charge in [0, 0.05) is 5.39 Å². The molecule has 3 heteroatoms. The van der Waals surface area contributed by atoms with Gasteiger partial charge in [-0.2, -0.15) is 0 Å². The van der Waals surface area contributed by atoms with Crippen LogP contribution in [-0.2, 0) is 0 Å². The average Bonchev–Trinajstić information content (AvgIpc) is 2.27. The number of thiocarbonyl (C=S) groups is 1. The highest BCUT2D eigenvalue weighted by atomic mass is 32.1. The highest BCUT2D eigenvalue weighted by molar-refractivity contribution is 7.80. The molecule has 1 aromatic carbocycles. The molecule has 0 spiro atoms. The van der Waals surface area contributed by atoms with Crippen LogP contribution >= 0.6 is 12.2 Å². The Kier molecular flexibility index (Phi) is 3.11. The number of nitrogens with zero attached hydrogens (tertiary/aromatic N) is 1. The van der Waals surface area contributed by atoms with Gasteiger partial charge in [-0.05, 0) is 30.0 Å². The lowest BCUT2D eigenvalue weighted by atomic mass is 9.97. The van der Waals surface area contributed by atoms with Crippen molar-refractivity contribution in [3.05, 3.63) is 41.1 Å².